The first-order chi connectivity index (χ1) is 8.81. The largest absolute Gasteiger partial charge is 0.496 e. The van der Waals surface area contributed by atoms with Crippen LogP contribution in [0.2, 0.25) is 0 Å². The van der Waals surface area contributed by atoms with Gasteiger partial charge < -0.3 is 14.8 Å². The molecule has 102 valence electrons. The van der Waals surface area contributed by atoms with Crippen molar-refractivity contribution in [3.63, 3.8) is 0 Å². The normalized spacial score (nSPS) is 12.4. The van der Waals surface area contributed by atoms with Crippen molar-refractivity contribution < 1.29 is 9.47 Å². The predicted octanol–water partition coefficient (Wildman–Crippen LogP) is 2.50. The summed E-state index contributed by atoms with van der Waals surface area (Å²) in [5.41, 5.74) is 1.25. The summed E-state index contributed by atoms with van der Waals surface area (Å²) in [4.78, 5) is 0. The first-order valence-corrected chi connectivity index (χ1v) is 6.63. The van der Waals surface area contributed by atoms with E-state index in [9.17, 15) is 0 Å². The van der Waals surface area contributed by atoms with E-state index < -0.39 is 0 Å². The lowest BCUT2D eigenvalue weighted by molar-refractivity contribution is 0.150. The molecule has 3 nitrogen and oxygen atoms in total. The van der Waals surface area contributed by atoms with Crippen LogP contribution in [0.5, 0.6) is 5.75 Å². The number of ether oxygens (including phenoxy) is 2. The fourth-order valence-electron chi connectivity index (χ4n) is 2.09. The Hall–Kier alpha value is -1.06. The highest BCUT2D eigenvalue weighted by Crippen LogP contribution is 2.20. The summed E-state index contributed by atoms with van der Waals surface area (Å²) in [7, 11) is 3.48. The topological polar surface area (TPSA) is 30.5 Å². The van der Waals surface area contributed by atoms with Gasteiger partial charge >= 0.3 is 0 Å². The Morgan fingerprint density at radius 1 is 1.22 bits per heavy atom. The molecule has 1 atom stereocenters. The third-order valence-corrected chi connectivity index (χ3v) is 2.96. The van der Waals surface area contributed by atoms with Crippen molar-refractivity contribution in [2.24, 2.45) is 5.92 Å². The molecule has 0 radical (unpaired) electrons. The van der Waals surface area contributed by atoms with E-state index in [0.717, 1.165) is 38.3 Å². The molecule has 1 N–H and O–H groups in total. The molecule has 0 amide bonds. The van der Waals surface area contributed by atoms with E-state index in [0.29, 0.717) is 5.92 Å². The number of para-hydroxylation sites is 1. The average Bonchev–Trinajstić information content (AvgIpc) is 2.40. The van der Waals surface area contributed by atoms with Crippen LogP contribution in [0.1, 0.15) is 18.9 Å². The van der Waals surface area contributed by atoms with Crippen LogP contribution < -0.4 is 10.1 Å². The quantitative estimate of drug-likeness (QED) is 0.684. The molecule has 0 saturated carbocycles. The molecule has 0 heterocycles. The van der Waals surface area contributed by atoms with Crippen molar-refractivity contribution in [2.45, 2.75) is 19.8 Å². The van der Waals surface area contributed by atoms with Gasteiger partial charge in [-0.05, 0) is 36.9 Å². The third-order valence-electron chi connectivity index (χ3n) is 2.96. The first kappa shape index (κ1) is 15.0. The molecule has 1 unspecified atom stereocenters. The molecule has 1 rings (SSSR count). The van der Waals surface area contributed by atoms with Crippen molar-refractivity contribution in [2.75, 3.05) is 33.9 Å². The van der Waals surface area contributed by atoms with E-state index in [-0.39, 0.29) is 0 Å². The fourth-order valence-corrected chi connectivity index (χ4v) is 2.09. The SMILES string of the molecule is CCCNCC(COC)Cc1ccccc1OC. The number of rotatable bonds is 9. The van der Waals surface area contributed by atoms with Crippen LogP contribution in [0, 0.1) is 5.92 Å². The molecule has 0 fully saturated rings. The van der Waals surface area contributed by atoms with Crippen LogP contribution in [0.15, 0.2) is 24.3 Å². The zero-order chi connectivity index (χ0) is 13.2. The molecule has 0 aromatic heterocycles. The van der Waals surface area contributed by atoms with E-state index >= 15 is 0 Å². The lowest BCUT2D eigenvalue weighted by Gasteiger charge is -2.18. The molecule has 0 bridgehead atoms. The van der Waals surface area contributed by atoms with Crippen molar-refractivity contribution in [3.05, 3.63) is 29.8 Å². The van der Waals surface area contributed by atoms with Gasteiger partial charge in [-0.15, -0.1) is 0 Å². The molecule has 3 heteroatoms. The molecule has 18 heavy (non-hydrogen) atoms. The Morgan fingerprint density at radius 2 is 2.00 bits per heavy atom. The average molecular weight is 251 g/mol. The highest BCUT2D eigenvalue weighted by molar-refractivity contribution is 5.33. The van der Waals surface area contributed by atoms with Crippen LogP contribution >= 0.6 is 0 Å². The van der Waals surface area contributed by atoms with Crippen LogP contribution in [-0.4, -0.2) is 33.9 Å². The zero-order valence-corrected chi connectivity index (χ0v) is 11.7. The standard InChI is InChI=1S/C15H25NO2/c1-4-9-16-11-13(12-17-2)10-14-7-5-6-8-15(14)18-3/h5-8,13,16H,4,9-12H2,1-3H3. The summed E-state index contributed by atoms with van der Waals surface area (Å²) in [6.07, 6.45) is 2.14. The van der Waals surface area contributed by atoms with Crippen molar-refractivity contribution >= 4 is 0 Å². The Morgan fingerprint density at radius 3 is 2.67 bits per heavy atom. The van der Waals surface area contributed by atoms with Crippen LogP contribution in [0.4, 0.5) is 0 Å². The van der Waals surface area contributed by atoms with Gasteiger partial charge in [0.2, 0.25) is 0 Å². The highest BCUT2D eigenvalue weighted by Gasteiger charge is 2.12. The fraction of sp³-hybridized carbons (Fsp3) is 0.600. The van der Waals surface area contributed by atoms with Gasteiger partial charge in [0, 0.05) is 13.7 Å². The predicted molar refractivity (Wildman–Crippen MR) is 75.2 cm³/mol. The third kappa shape index (κ3) is 5.07. The maximum atomic E-state index is 5.39. The van der Waals surface area contributed by atoms with Crippen LogP contribution in [0.3, 0.4) is 0 Å². The number of benzene rings is 1. The summed E-state index contributed by atoms with van der Waals surface area (Å²) < 4.78 is 10.7. The van der Waals surface area contributed by atoms with E-state index in [2.05, 4.69) is 24.4 Å². The minimum absolute atomic E-state index is 0.484. The second-order valence-electron chi connectivity index (χ2n) is 4.54. The maximum Gasteiger partial charge on any atom is 0.122 e. The second kappa shape index (κ2) is 8.95. The highest BCUT2D eigenvalue weighted by atomic mass is 16.5. The molecule has 0 aliphatic rings. The van der Waals surface area contributed by atoms with E-state index in [1.165, 1.54) is 5.56 Å². The van der Waals surface area contributed by atoms with Gasteiger partial charge in [-0.2, -0.15) is 0 Å². The minimum Gasteiger partial charge on any atom is -0.496 e. The lowest BCUT2D eigenvalue weighted by Crippen LogP contribution is -2.28. The Kier molecular flexibility index (Phi) is 7.46. The van der Waals surface area contributed by atoms with Gasteiger partial charge in [0.1, 0.15) is 5.75 Å². The van der Waals surface area contributed by atoms with Crippen molar-refractivity contribution in [3.8, 4) is 5.75 Å². The number of nitrogens with one attached hydrogen (secondary N) is 1. The molecule has 1 aromatic rings. The zero-order valence-electron chi connectivity index (χ0n) is 11.7. The summed E-state index contributed by atoms with van der Waals surface area (Å²) in [6, 6.07) is 8.20. The maximum absolute atomic E-state index is 5.39. The molecule has 1 aromatic carbocycles. The van der Waals surface area contributed by atoms with E-state index in [1.807, 2.05) is 12.1 Å². The van der Waals surface area contributed by atoms with Gasteiger partial charge in [0.15, 0.2) is 0 Å². The summed E-state index contributed by atoms with van der Waals surface area (Å²) in [5, 5.41) is 3.46. The Bertz CT molecular complexity index is 328. The van der Waals surface area contributed by atoms with Crippen LogP contribution in [0.25, 0.3) is 0 Å². The molecule has 0 spiro atoms. The number of hydrogen-bond acceptors (Lipinski definition) is 3. The molecule has 0 aliphatic carbocycles. The van der Waals surface area contributed by atoms with Gasteiger partial charge in [-0.1, -0.05) is 25.1 Å². The number of hydrogen-bond donors (Lipinski definition) is 1. The van der Waals surface area contributed by atoms with Crippen molar-refractivity contribution in [1.29, 1.82) is 0 Å². The summed E-state index contributed by atoms with van der Waals surface area (Å²) in [6.45, 7) is 5.00. The monoisotopic (exact) mass is 251 g/mol. The van der Waals surface area contributed by atoms with Crippen molar-refractivity contribution in [1.82, 2.24) is 5.32 Å². The molecule has 0 aliphatic heterocycles. The lowest BCUT2D eigenvalue weighted by atomic mass is 9.99. The van der Waals surface area contributed by atoms with Gasteiger partial charge in [-0.3, -0.25) is 0 Å². The van der Waals surface area contributed by atoms with Gasteiger partial charge in [0.25, 0.3) is 0 Å². The Labute approximate surface area is 110 Å². The van der Waals surface area contributed by atoms with E-state index in [4.69, 9.17) is 9.47 Å². The minimum atomic E-state index is 0.484. The second-order valence-corrected chi connectivity index (χ2v) is 4.54. The summed E-state index contributed by atoms with van der Waals surface area (Å²) >= 11 is 0. The Balaban J connectivity index is 2.58. The van der Waals surface area contributed by atoms with Gasteiger partial charge in [0.05, 0.1) is 13.7 Å². The van der Waals surface area contributed by atoms with Crippen LogP contribution in [-0.2, 0) is 11.2 Å². The number of methoxy groups -OCH3 is 2. The molecule has 0 saturated heterocycles. The van der Waals surface area contributed by atoms with Gasteiger partial charge in [-0.25, -0.2) is 0 Å². The smallest absolute Gasteiger partial charge is 0.122 e. The summed E-state index contributed by atoms with van der Waals surface area (Å²) in [5.74, 6) is 1.45. The van der Waals surface area contributed by atoms with E-state index in [1.54, 1.807) is 14.2 Å². The molecular formula is C15H25NO2. The molecular weight excluding hydrogens is 226 g/mol. The first-order valence-electron chi connectivity index (χ1n) is 6.63.